The van der Waals surface area contributed by atoms with Crippen LogP contribution < -0.4 is 5.73 Å². The van der Waals surface area contributed by atoms with Gasteiger partial charge in [0.25, 0.3) is 5.91 Å². The third kappa shape index (κ3) is 4.05. The third-order valence-corrected chi connectivity index (χ3v) is 3.48. The van der Waals surface area contributed by atoms with Crippen LogP contribution in [0, 0.1) is 0 Å². The monoisotopic (exact) mass is 343 g/mol. The molecule has 1 atom stereocenters. The van der Waals surface area contributed by atoms with E-state index in [0.29, 0.717) is 11.5 Å². The molecular formula is C15H16F3N3O3. The lowest BCUT2D eigenvalue weighted by atomic mass is 10.0. The molecule has 0 fully saturated rings. The molecule has 24 heavy (non-hydrogen) atoms. The summed E-state index contributed by atoms with van der Waals surface area (Å²) in [6, 6.07) is 9.26. The van der Waals surface area contributed by atoms with Crippen molar-refractivity contribution in [3.63, 3.8) is 0 Å². The number of hydrogen-bond donors (Lipinski definition) is 1. The van der Waals surface area contributed by atoms with Crippen LogP contribution in [-0.4, -0.2) is 41.4 Å². The van der Waals surface area contributed by atoms with Gasteiger partial charge in [-0.1, -0.05) is 30.3 Å². The molecule has 1 heterocycles. The van der Waals surface area contributed by atoms with Crippen molar-refractivity contribution in [2.75, 3.05) is 7.05 Å². The number of halogens is 3. The highest BCUT2D eigenvalue weighted by Gasteiger charge is 2.44. The van der Waals surface area contributed by atoms with Gasteiger partial charge in [0, 0.05) is 12.6 Å². The summed E-state index contributed by atoms with van der Waals surface area (Å²) in [5.41, 5.74) is 6.77. The van der Waals surface area contributed by atoms with Gasteiger partial charge in [-0.25, -0.2) is 4.79 Å². The summed E-state index contributed by atoms with van der Waals surface area (Å²) >= 11 is 0. The smallest absolute Gasteiger partial charge is 0.329 e. The van der Waals surface area contributed by atoms with E-state index in [-0.39, 0.29) is 12.0 Å². The van der Waals surface area contributed by atoms with E-state index in [1.807, 2.05) is 30.3 Å². The summed E-state index contributed by atoms with van der Waals surface area (Å²) in [7, 11) is 1.32. The Bertz CT molecular complexity index is 646. The number of hydroxylamine groups is 2. The lowest BCUT2D eigenvalue weighted by Crippen LogP contribution is -2.57. The van der Waals surface area contributed by atoms with Crippen molar-refractivity contribution in [3.05, 3.63) is 47.7 Å². The second kappa shape index (κ2) is 6.91. The van der Waals surface area contributed by atoms with Gasteiger partial charge in [0.15, 0.2) is 6.29 Å². The molecule has 6 nitrogen and oxygen atoms in total. The molecule has 0 aromatic heterocycles. The molecule has 2 N–H and O–H groups in total. The summed E-state index contributed by atoms with van der Waals surface area (Å²) in [5.74, 6) is -2.84. The van der Waals surface area contributed by atoms with Crippen molar-refractivity contribution in [1.29, 1.82) is 0 Å². The predicted octanol–water partition coefficient (Wildman–Crippen LogP) is 1.54. The molecule has 1 aliphatic heterocycles. The number of carbonyl (C=O) groups is 2. The maximum atomic E-state index is 12.3. The molecule has 1 aliphatic rings. The Balaban J connectivity index is 2.14. The molecule has 9 heteroatoms. The largest absolute Gasteiger partial charge is 0.493 e. The topological polar surface area (TPSA) is 75.9 Å². The number of alkyl halides is 3. The fourth-order valence-electron chi connectivity index (χ4n) is 2.13. The Morgan fingerprint density at radius 1 is 1.25 bits per heavy atom. The fraction of sp³-hybridized carbons (Fsp3) is 0.333. The molecule has 0 saturated carbocycles. The van der Waals surface area contributed by atoms with Crippen molar-refractivity contribution in [1.82, 2.24) is 9.96 Å². The molecule has 0 spiro atoms. The van der Waals surface area contributed by atoms with E-state index in [9.17, 15) is 22.8 Å². The van der Waals surface area contributed by atoms with E-state index < -0.39 is 24.3 Å². The second-order valence-electron chi connectivity index (χ2n) is 5.21. The van der Waals surface area contributed by atoms with Gasteiger partial charge in [0.1, 0.15) is 0 Å². The van der Waals surface area contributed by atoms with Gasteiger partial charge < -0.3 is 9.74 Å². The van der Waals surface area contributed by atoms with Gasteiger partial charge in [-0.15, -0.1) is 0 Å². The summed E-state index contributed by atoms with van der Waals surface area (Å²) in [6.07, 6.45) is -4.68. The number of likely N-dealkylation sites (N-methyl/N-ethyl adjacent to an activating group) is 1. The van der Waals surface area contributed by atoms with Gasteiger partial charge in [-0.05, 0) is 18.4 Å². The number of benzene rings is 1. The first-order valence-corrected chi connectivity index (χ1v) is 7.05. The minimum absolute atomic E-state index is 0.193. The van der Waals surface area contributed by atoms with E-state index in [4.69, 9.17) is 5.73 Å². The van der Waals surface area contributed by atoms with Crippen molar-refractivity contribution >= 4 is 11.9 Å². The zero-order chi connectivity index (χ0) is 17.9. The number of amides is 1. The molecular weight excluding hydrogens is 327 g/mol. The summed E-state index contributed by atoms with van der Waals surface area (Å²) in [4.78, 5) is 28.4. The average molecular weight is 343 g/mol. The van der Waals surface area contributed by atoms with Gasteiger partial charge >= 0.3 is 12.1 Å². The van der Waals surface area contributed by atoms with Crippen molar-refractivity contribution in [2.24, 2.45) is 5.73 Å². The molecule has 2 rings (SSSR count). The van der Waals surface area contributed by atoms with Gasteiger partial charge in [0.2, 0.25) is 0 Å². The Morgan fingerprint density at radius 2 is 1.88 bits per heavy atom. The quantitative estimate of drug-likeness (QED) is 0.897. The lowest BCUT2D eigenvalue weighted by Gasteiger charge is -2.37. The molecule has 0 saturated heterocycles. The Labute approximate surface area is 136 Å². The number of nitrogens with zero attached hydrogens (tertiary/aromatic N) is 2. The van der Waals surface area contributed by atoms with E-state index in [1.54, 1.807) is 0 Å². The Hall–Kier alpha value is -2.55. The number of nitrogens with two attached hydrogens (primary N) is 1. The van der Waals surface area contributed by atoms with Crippen molar-refractivity contribution in [3.8, 4) is 0 Å². The van der Waals surface area contributed by atoms with E-state index >= 15 is 0 Å². The lowest BCUT2D eigenvalue weighted by molar-refractivity contribution is -0.244. The van der Waals surface area contributed by atoms with Crippen molar-refractivity contribution in [2.45, 2.75) is 25.3 Å². The highest BCUT2D eigenvalue weighted by atomic mass is 19.4. The standard InChI is InChI=1S/C15H16F3N3O3/c1-20-12(22)11(8-7-10-5-3-2-4-6-10)9-21(14(20)19)24-13(23)15(16,17)18/h2-6,9,14H,7-8,19H2,1H3. The van der Waals surface area contributed by atoms with Crippen LogP contribution in [0.1, 0.15) is 12.0 Å². The number of carbonyl (C=O) groups excluding carboxylic acids is 2. The average Bonchev–Trinajstić information content (AvgIpc) is 2.54. The van der Waals surface area contributed by atoms with Crippen LogP contribution in [0.15, 0.2) is 42.1 Å². The predicted molar refractivity (Wildman–Crippen MR) is 77.6 cm³/mol. The van der Waals surface area contributed by atoms with E-state index in [2.05, 4.69) is 4.84 Å². The molecule has 1 unspecified atom stereocenters. The highest BCUT2D eigenvalue weighted by molar-refractivity contribution is 5.94. The zero-order valence-corrected chi connectivity index (χ0v) is 12.8. The molecule has 1 amide bonds. The summed E-state index contributed by atoms with van der Waals surface area (Å²) in [6.45, 7) is 0. The Kier molecular flexibility index (Phi) is 5.13. The Morgan fingerprint density at radius 3 is 2.46 bits per heavy atom. The number of aryl methyl sites for hydroxylation is 1. The fourth-order valence-corrected chi connectivity index (χ4v) is 2.13. The second-order valence-corrected chi connectivity index (χ2v) is 5.21. The highest BCUT2D eigenvalue weighted by Crippen LogP contribution is 2.23. The number of hydrogen-bond acceptors (Lipinski definition) is 5. The summed E-state index contributed by atoms with van der Waals surface area (Å²) in [5, 5.41) is 0.539. The van der Waals surface area contributed by atoms with Gasteiger partial charge in [-0.3, -0.25) is 10.5 Å². The van der Waals surface area contributed by atoms with Crippen LogP contribution >= 0.6 is 0 Å². The molecule has 130 valence electrons. The SMILES string of the molecule is CN1C(=O)C(CCc2ccccc2)=CN(OC(=O)C(F)(F)F)C1N. The van der Waals surface area contributed by atoms with Crippen LogP contribution in [0.4, 0.5) is 13.2 Å². The molecule has 1 aromatic rings. The minimum Gasteiger partial charge on any atom is -0.329 e. The first-order valence-electron chi connectivity index (χ1n) is 7.05. The molecule has 1 aromatic carbocycles. The maximum absolute atomic E-state index is 12.3. The van der Waals surface area contributed by atoms with Crippen molar-refractivity contribution < 1.29 is 27.6 Å². The normalized spacial score (nSPS) is 18.5. The first-order chi connectivity index (χ1) is 11.2. The van der Waals surface area contributed by atoms with Crippen LogP contribution in [0.25, 0.3) is 0 Å². The van der Waals surface area contributed by atoms with Crippen LogP contribution in [0.2, 0.25) is 0 Å². The first kappa shape index (κ1) is 17.8. The third-order valence-electron chi connectivity index (χ3n) is 3.48. The number of rotatable bonds is 4. The summed E-state index contributed by atoms with van der Waals surface area (Å²) < 4.78 is 37.0. The van der Waals surface area contributed by atoms with E-state index in [0.717, 1.165) is 16.7 Å². The molecule has 0 aliphatic carbocycles. The molecule has 0 bridgehead atoms. The van der Waals surface area contributed by atoms with Crippen LogP contribution in [0.3, 0.4) is 0 Å². The van der Waals surface area contributed by atoms with E-state index in [1.165, 1.54) is 7.05 Å². The van der Waals surface area contributed by atoms with Crippen LogP contribution in [0.5, 0.6) is 0 Å². The van der Waals surface area contributed by atoms with Crippen LogP contribution in [-0.2, 0) is 20.8 Å². The zero-order valence-electron chi connectivity index (χ0n) is 12.8. The van der Waals surface area contributed by atoms with Gasteiger partial charge in [-0.2, -0.15) is 18.2 Å². The molecule has 0 radical (unpaired) electrons. The van der Waals surface area contributed by atoms with Gasteiger partial charge in [0.05, 0.1) is 6.20 Å². The maximum Gasteiger partial charge on any atom is 0.493 e. The minimum atomic E-state index is -5.15.